The Morgan fingerprint density at radius 1 is 1.09 bits per heavy atom. The number of nitrogens with zero attached hydrogens (tertiary/aromatic N) is 3. The number of para-hydroxylation sites is 2. The maximum Gasteiger partial charge on any atom is 0.251 e. The summed E-state index contributed by atoms with van der Waals surface area (Å²) in [6.07, 6.45) is 0. The van der Waals surface area contributed by atoms with Gasteiger partial charge in [-0.15, -0.1) is 0 Å². The molecule has 3 aromatic rings. The summed E-state index contributed by atoms with van der Waals surface area (Å²) in [6, 6.07) is 12.2. The van der Waals surface area contributed by atoms with Gasteiger partial charge in [-0.1, -0.05) is 12.1 Å². The monoisotopic (exact) mass is 452 g/mol. The molecule has 174 valence electrons. The van der Waals surface area contributed by atoms with Gasteiger partial charge in [-0.25, -0.2) is 4.98 Å². The first-order valence-electron chi connectivity index (χ1n) is 10.9. The largest absolute Gasteiger partial charge is 0.493 e. The summed E-state index contributed by atoms with van der Waals surface area (Å²) in [6.45, 7) is 4.24. The predicted octanol–water partition coefficient (Wildman–Crippen LogP) is 2.40. The van der Waals surface area contributed by atoms with Crippen molar-refractivity contribution < 1.29 is 23.8 Å². The summed E-state index contributed by atoms with van der Waals surface area (Å²) >= 11 is 0. The van der Waals surface area contributed by atoms with Crippen molar-refractivity contribution in [3.8, 4) is 11.5 Å². The molecule has 1 aliphatic heterocycles. The van der Waals surface area contributed by atoms with E-state index in [-0.39, 0.29) is 18.4 Å². The number of benzene rings is 2. The fourth-order valence-corrected chi connectivity index (χ4v) is 3.96. The van der Waals surface area contributed by atoms with Crippen molar-refractivity contribution in [2.45, 2.75) is 19.5 Å². The van der Waals surface area contributed by atoms with Crippen LogP contribution in [0.1, 0.15) is 29.1 Å². The van der Waals surface area contributed by atoms with Gasteiger partial charge in [0.05, 0.1) is 44.5 Å². The summed E-state index contributed by atoms with van der Waals surface area (Å²) < 4.78 is 17.8. The van der Waals surface area contributed by atoms with Crippen LogP contribution >= 0.6 is 0 Å². The molecule has 2 heterocycles. The van der Waals surface area contributed by atoms with E-state index in [9.17, 15) is 9.59 Å². The topological polar surface area (TPSA) is 94.9 Å². The van der Waals surface area contributed by atoms with Gasteiger partial charge in [0.15, 0.2) is 11.5 Å². The van der Waals surface area contributed by atoms with Crippen LogP contribution in [-0.2, 0) is 16.1 Å². The molecule has 0 spiro atoms. The van der Waals surface area contributed by atoms with Crippen LogP contribution in [0, 0.1) is 0 Å². The third-order valence-electron chi connectivity index (χ3n) is 5.72. The van der Waals surface area contributed by atoms with Crippen molar-refractivity contribution in [1.82, 2.24) is 19.8 Å². The van der Waals surface area contributed by atoms with E-state index >= 15 is 0 Å². The Morgan fingerprint density at radius 3 is 2.55 bits per heavy atom. The molecule has 0 radical (unpaired) electrons. The van der Waals surface area contributed by atoms with Gasteiger partial charge in [0.25, 0.3) is 5.91 Å². The summed E-state index contributed by atoms with van der Waals surface area (Å²) in [5.74, 6) is 1.36. The van der Waals surface area contributed by atoms with Gasteiger partial charge >= 0.3 is 0 Å². The Balaban J connectivity index is 1.58. The number of carbonyl (C=O) groups is 2. The number of hydrogen-bond acceptors (Lipinski definition) is 6. The number of aromatic nitrogens is 2. The first-order chi connectivity index (χ1) is 16.0. The zero-order chi connectivity index (χ0) is 23.4. The van der Waals surface area contributed by atoms with Gasteiger partial charge in [0, 0.05) is 18.7 Å². The van der Waals surface area contributed by atoms with Crippen molar-refractivity contribution in [2.75, 3.05) is 40.5 Å². The average Bonchev–Trinajstić information content (AvgIpc) is 3.22. The molecule has 4 rings (SSSR count). The standard InChI is InChI=1S/C24H28N4O5/c1-16(25-24(30)17-8-9-20(31-2)21(14-17)32-3)23-26-18-6-4-5-7-19(18)28(23)15-22(29)27-10-12-33-13-11-27/h4-9,14,16H,10-13,15H2,1-3H3,(H,25,30). The molecular formula is C24H28N4O5. The molecule has 1 atom stereocenters. The molecule has 0 bridgehead atoms. The Labute approximate surface area is 192 Å². The van der Waals surface area contributed by atoms with Crippen molar-refractivity contribution >= 4 is 22.8 Å². The second-order valence-corrected chi connectivity index (χ2v) is 7.80. The highest BCUT2D eigenvalue weighted by Crippen LogP contribution is 2.28. The molecule has 1 saturated heterocycles. The van der Waals surface area contributed by atoms with Gasteiger partial charge in [-0.3, -0.25) is 9.59 Å². The van der Waals surface area contributed by atoms with Gasteiger partial charge in [-0.05, 0) is 37.3 Å². The molecular weight excluding hydrogens is 424 g/mol. The van der Waals surface area contributed by atoms with E-state index in [0.29, 0.717) is 49.2 Å². The number of carbonyl (C=O) groups excluding carboxylic acids is 2. The minimum atomic E-state index is -0.435. The van der Waals surface area contributed by atoms with Crippen LogP contribution in [0.2, 0.25) is 0 Å². The highest BCUT2D eigenvalue weighted by Gasteiger charge is 2.23. The zero-order valence-corrected chi connectivity index (χ0v) is 19.0. The molecule has 2 amide bonds. The second kappa shape index (κ2) is 9.91. The normalized spacial score (nSPS) is 14.7. The molecule has 9 heteroatoms. The van der Waals surface area contributed by atoms with E-state index in [1.54, 1.807) is 30.2 Å². The lowest BCUT2D eigenvalue weighted by Crippen LogP contribution is -2.42. The minimum Gasteiger partial charge on any atom is -0.493 e. The summed E-state index contributed by atoms with van der Waals surface area (Å²) in [5.41, 5.74) is 2.06. The van der Waals surface area contributed by atoms with Crippen LogP contribution in [0.25, 0.3) is 11.0 Å². The van der Waals surface area contributed by atoms with E-state index < -0.39 is 6.04 Å². The lowest BCUT2D eigenvalue weighted by molar-refractivity contribution is -0.135. The van der Waals surface area contributed by atoms with Crippen LogP contribution < -0.4 is 14.8 Å². The van der Waals surface area contributed by atoms with Crippen molar-refractivity contribution in [3.63, 3.8) is 0 Å². The summed E-state index contributed by atoms with van der Waals surface area (Å²) in [5, 5.41) is 2.99. The number of rotatable bonds is 7. The maximum atomic E-state index is 13.0. The Morgan fingerprint density at radius 2 is 1.82 bits per heavy atom. The molecule has 1 N–H and O–H groups in total. The summed E-state index contributed by atoms with van der Waals surface area (Å²) in [4.78, 5) is 32.5. The smallest absolute Gasteiger partial charge is 0.251 e. The highest BCUT2D eigenvalue weighted by atomic mass is 16.5. The molecule has 0 saturated carbocycles. The van der Waals surface area contributed by atoms with Crippen LogP contribution in [0.4, 0.5) is 0 Å². The lowest BCUT2D eigenvalue weighted by atomic mass is 10.1. The fraction of sp³-hybridized carbons (Fsp3) is 0.375. The molecule has 9 nitrogen and oxygen atoms in total. The number of imidazole rings is 1. The Kier molecular flexibility index (Phi) is 6.79. The van der Waals surface area contributed by atoms with Gasteiger partial charge < -0.3 is 29.0 Å². The van der Waals surface area contributed by atoms with Crippen LogP contribution in [0.5, 0.6) is 11.5 Å². The fourth-order valence-electron chi connectivity index (χ4n) is 3.96. The number of morpholine rings is 1. The molecule has 2 aromatic carbocycles. The van der Waals surface area contributed by atoms with E-state index in [0.717, 1.165) is 11.0 Å². The highest BCUT2D eigenvalue weighted by molar-refractivity contribution is 5.95. The second-order valence-electron chi connectivity index (χ2n) is 7.80. The number of fused-ring (bicyclic) bond motifs is 1. The molecule has 1 fully saturated rings. The third-order valence-corrected chi connectivity index (χ3v) is 5.72. The number of methoxy groups -OCH3 is 2. The third kappa shape index (κ3) is 4.78. The lowest BCUT2D eigenvalue weighted by Gasteiger charge is -2.27. The molecule has 0 aliphatic carbocycles. The first kappa shape index (κ1) is 22.6. The molecule has 1 aromatic heterocycles. The predicted molar refractivity (Wildman–Crippen MR) is 123 cm³/mol. The van der Waals surface area contributed by atoms with E-state index in [1.165, 1.54) is 7.11 Å². The number of hydrogen-bond donors (Lipinski definition) is 1. The average molecular weight is 453 g/mol. The van der Waals surface area contributed by atoms with Crippen molar-refractivity contribution in [2.24, 2.45) is 0 Å². The Bertz CT molecular complexity index is 1150. The van der Waals surface area contributed by atoms with Crippen LogP contribution in [-0.4, -0.2) is 66.8 Å². The van der Waals surface area contributed by atoms with Gasteiger partial charge in [0.2, 0.25) is 5.91 Å². The van der Waals surface area contributed by atoms with E-state index in [1.807, 2.05) is 35.8 Å². The molecule has 1 unspecified atom stereocenters. The SMILES string of the molecule is COc1ccc(C(=O)NC(C)c2nc3ccccc3n2CC(=O)N2CCOCC2)cc1OC. The van der Waals surface area contributed by atoms with Gasteiger partial charge in [-0.2, -0.15) is 0 Å². The zero-order valence-electron chi connectivity index (χ0n) is 19.0. The minimum absolute atomic E-state index is 0.00104. The molecule has 1 aliphatic rings. The number of nitrogens with one attached hydrogen (secondary N) is 1. The van der Waals surface area contributed by atoms with Gasteiger partial charge in [0.1, 0.15) is 12.4 Å². The molecule has 33 heavy (non-hydrogen) atoms. The Hall–Kier alpha value is -3.59. The van der Waals surface area contributed by atoms with Crippen molar-refractivity contribution in [3.05, 3.63) is 53.9 Å². The number of ether oxygens (including phenoxy) is 3. The van der Waals surface area contributed by atoms with Crippen LogP contribution in [0.15, 0.2) is 42.5 Å². The van der Waals surface area contributed by atoms with Crippen LogP contribution in [0.3, 0.4) is 0 Å². The first-order valence-corrected chi connectivity index (χ1v) is 10.9. The van der Waals surface area contributed by atoms with E-state index in [2.05, 4.69) is 5.32 Å². The maximum absolute atomic E-state index is 13.0. The number of amides is 2. The van der Waals surface area contributed by atoms with Crippen molar-refractivity contribution in [1.29, 1.82) is 0 Å². The summed E-state index contributed by atoms with van der Waals surface area (Å²) in [7, 11) is 3.07. The quantitative estimate of drug-likeness (QED) is 0.592. The van der Waals surface area contributed by atoms with E-state index in [4.69, 9.17) is 19.2 Å².